The minimum absolute atomic E-state index is 0.735. The highest BCUT2D eigenvalue weighted by Gasteiger charge is 2.11. The van der Waals surface area contributed by atoms with E-state index in [9.17, 15) is 0 Å². The molecule has 0 fully saturated rings. The Morgan fingerprint density at radius 1 is 1.19 bits per heavy atom. The predicted molar refractivity (Wildman–Crippen MR) is 88.3 cm³/mol. The number of anilines is 1. The Labute approximate surface area is 127 Å². The number of thiophene rings is 1. The molecule has 4 nitrogen and oxygen atoms in total. The fraction of sp³-hybridized carbons (Fsp3) is 0.250. The van der Waals surface area contributed by atoms with E-state index in [1.54, 1.807) is 18.4 Å². The van der Waals surface area contributed by atoms with Crippen molar-refractivity contribution in [2.75, 3.05) is 19.5 Å². The summed E-state index contributed by atoms with van der Waals surface area (Å²) in [7, 11) is 3.55. The first-order valence-corrected chi connectivity index (χ1v) is 7.69. The molecule has 1 N–H and O–H groups in total. The lowest BCUT2D eigenvalue weighted by molar-refractivity contribution is 0.415. The number of nitrogens with one attached hydrogen (secondary N) is 1. The lowest BCUT2D eigenvalue weighted by atomic mass is 10.2. The first-order valence-electron chi connectivity index (χ1n) is 6.87. The number of fused-ring (bicyclic) bond motifs is 1. The Morgan fingerprint density at radius 3 is 2.57 bits per heavy atom. The van der Waals surface area contributed by atoms with Gasteiger partial charge in [0.15, 0.2) is 5.82 Å². The maximum atomic E-state index is 5.19. The zero-order chi connectivity index (χ0) is 14.8. The Kier molecular flexibility index (Phi) is 3.75. The summed E-state index contributed by atoms with van der Waals surface area (Å²) in [5.41, 5.74) is 0.987. The molecule has 0 spiro atoms. The maximum absolute atomic E-state index is 5.19. The highest BCUT2D eigenvalue weighted by atomic mass is 32.1. The van der Waals surface area contributed by atoms with Gasteiger partial charge in [-0.3, -0.25) is 0 Å². The molecule has 1 aromatic carbocycles. The van der Waals surface area contributed by atoms with Gasteiger partial charge in [0, 0.05) is 17.5 Å². The number of nitrogens with zero attached hydrogens (tertiary/aromatic N) is 2. The highest BCUT2D eigenvalue weighted by Crippen LogP contribution is 2.31. The molecule has 21 heavy (non-hydrogen) atoms. The molecule has 3 rings (SSSR count). The summed E-state index contributed by atoms with van der Waals surface area (Å²) in [6, 6.07) is 9.98. The van der Waals surface area contributed by atoms with Gasteiger partial charge in [-0.15, -0.1) is 11.3 Å². The molecule has 0 saturated carbocycles. The second kappa shape index (κ2) is 5.69. The van der Waals surface area contributed by atoms with Crippen LogP contribution in [0.1, 0.15) is 11.8 Å². The summed E-state index contributed by atoms with van der Waals surface area (Å²) in [5.74, 6) is 2.44. The normalized spacial score (nSPS) is 10.8. The van der Waals surface area contributed by atoms with E-state index in [4.69, 9.17) is 9.72 Å². The summed E-state index contributed by atoms with van der Waals surface area (Å²) >= 11 is 1.73. The zero-order valence-electron chi connectivity index (χ0n) is 12.3. The van der Waals surface area contributed by atoms with Gasteiger partial charge in [-0.2, -0.15) is 0 Å². The molecular formula is C16H17N3OS. The first-order chi connectivity index (χ1) is 10.2. The molecule has 3 aromatic rings. The van der Waals surface area contributed by atoms with Crippen LogP contribution in [0, 0.1) is 0 Å². The van der Waals surface area contributed by atoms with Crippen molar-refractivity contribution in [2.24, 2.45) is 0 Å². The monoisotopic (exact) mass is 299 g/mol. The highest BCUT2D eigenvalue weighted by molar-refractivity contribution is 7.18. The Hall–Kier alpha value is -2.14. The third kappa shape index (κ3) is 2.56. The molecule has 0 aliphatic rings. The van der Waals surface area contributed by atoms with E-state index < -0.39 is 0 Å². The quantitative estimate of drug-likeness (QED) is 0.792. The standard InChI is InChI=1S/C16H17N3OS/c1-4-12-9-13-15(17-2)18-14(19-16(13)21-12)10-5-7-11(20-3)8-6-10/h5-9H,4H2,1-3H3,(H,17,18,19). The second-order valence-electron chi connectivity index (χ2n) is 4.66. The van der Waals surface area contributed by atoms with Gasteiger partial charge in [-0.1, -0.05) is 6.92 Å². The van der Waals surface area contributed by atoms with Crippen LogP contribution in [0.3, 0.4) is 0 Å². The van der Waals surface area contributed by atoms with Crippen LogP contribution in [0.15, 0.2) is 30.3 Å². The number of rotatable bonds is 4. The molecule has 2 heterocycles. The van der Waals surface area contributed by atoms with E-state index in [0.717, 1.165) is 39.6 Å². The smallest absolute Gasteiger partial charge is 0.163 e. The number of methoxy groups -OCH3 is 1. The van der Waals surface area contributed by atoms with Crippen LogP contribution in [0.5, 0.6) is 5.75 Å². The van der Waals surface area contributed by atoms with Gasteiger partial charge in [-0.25, -0.2) is 9.97 Å². The summed E-state index contributed by atoms with van der Waals surface area (Å²) in [6.45, 7) is 2.15. The van der Waals surface area contributed by atoms with Crippen LogP contribution >= 0.6 is 11.3 Å². The van der Waals surface area contributed by atoms with Gasteiger partial charge >= 0.3 is 0 Å². The van der Waals surface area contributed by atoms with Gasteiger partial charge in [-0.05, 0) is 36.8 Å². The summed E-state index contributed by atoms with van der Waals surface area (Å²) < 4.78 is 5.19. The summed E-state index contributed by atoms with van der Waals surface area (Å²) in [4.78, 5) is 11.7. The van der Waals surface area contributed by atoms with Gasteiger partial charge in [0.05, 0.1) is 12.5 Å². The third-order valence-electron chi connectivity index (χ3n) is 3.38. The molecule has 108 valence electrons. The molecule has 0 amide bonds. The van der Waals surface area contributed by atoms with Gasteiger partial charge in [0.25, 0.3) is 0 Å². The SMILES string of the molecule is CCc1cc2c(NC)nc(-c3ccc(OC)cc3)nc2s1. The molecule has 0 aliphatic heterocycles. The van der Waals surface area contributed by atoms with Crippen molar-refractivity contribution in [1.82, 2.24) is 9.97 Å². The van der Waals surface area contributed by atoms with Gasteiger partial charge < -0.3 is 10.1 Å². The van der Waals surface area contributed by atoms with Crippen LogP contribution in [0.25, 0.3) is 21.6 Å². The topological polar surface area (TPSA) is 47.0 Å². The van der Waals surface area contributed by atoms with E-state index in [0.29, 0.717) is 0 Å². The van der Waals surface area contributed by atoms with Crippen molar-refractivity contribution < 1.29 is 4.74 Å². The van der Waals surface area contributed by atoms with Crippen LogP contribution in [-0.2, 0) is 6.42 Å². The minimum Gasteiger partial charge on any atom is -0.497 e. The van der Waals surface area contributed by atoms with Crippen molar-refractivity contribution in [1.29, 1.82) is 0 Å². The Balaban J connectivity index is 2.13. The molecule has 0 aliphatic carbocycles. The van der Waals surface area contributed by atoms with Crippen molar-refractivity contribution in [2.45, 2.75) is 13.3 Å². The van der Waals surface area contributed by atoms with Crippen molar-refractivity contribution >= 4 is 27.4 Å². The van der Waals surface area contributed by atoms with Crippen LogP contribution in [0.2, 0.25) is 0 Å². The van der Waals surface area contributed by atoms with Crippen LogP contribution < -0.4 is 10.1 Å². The maximum Gasteiger partial charge on any atom is 0.163 e. The van der Waals surface area contributed by atoms with Crippen LogP contribution in [-0.4, -0.2) is 24.1 Å². The van der Waals surface area contributed by atoms with E-state index in [-0.39, 0.29) is 0 Å². The summed E-state index contributed by atoms with van der Waals surface area (Å²) in [6.07, 6.45) is 1.02. The van der Waals surface area contributed by atoms with Crippen molar-refractivity contribution in [3.63, 3.8) is 0 Å². The number of aromatic nitrogens is 2. The number of aryl methyl sites for hydroxylation is 1. The number of hydrogen-bond acceptors (Lipinski definition) is 5. The molecule has 5 heteroatoms. The predicted octanol–water partition coefficient (Wildman–Crippen LogP) is 3.97. The van der Waals surface area contributed by atoms with Crippen molar-refractivity contribution in [3.8, 4) is 17.1 Å². The summed E-state index contributed by atoms with van der Waals surface area (Å²) in [5, 5.41) is 4.27. The molecule has 0 radical (unpaired) electrons. The first kappa shape index (κ1) is 13.8. The van der Waals surface area contributed by atoms with E-state index >= 15 is 0 Å². The fourth-order valence-electron chi connectivity index (χ4n) is 2.21. The van der Waals surface area contributed by atoms with E-state index in [1.807, 2.05) is 31.3 Å². The zero-order valence-corrected chi connectivity index (χ0v) is 13.1. The van der Waals surface area contributed by atoms with E-state index in [1.165, 1.54) is 4.88 Å². The largest absolute Gasteiger partial charge is 0.497 e. The lowest BCUT2D eigenvalue weighted by Crippen LogP contribution is -1.97. The Bertz CT molecular complexity index is 765. The number of hydrogen-bond donors (Lipinski definition) is 1. The van der Waals surface area contributed by atoms with Crippen molar-refractivity contribution in [3.05, 3.63) is 35.2 Å². The molecule has 0 atom stereocenters. The fourth-order valence-corrected chi connectivity index (χ4v) is 3.17. The average molecular weight is 299 g/mol. The minimum atomic E-state index is 0.735. The molecule has 2 aromatic heterocycles. The van der Waals surface area contributed by atoms with Gasteiger partial charge in [0.1, 0.15) is 16.4 Å². The molecule has 0 unspecified atom stereocenters. The lowest BCUT2D eigenvalue weighted by Gasteiger charge is -2.06. The third-order valence-corrected chi connectivity index (χ3v) is 4.55. The van der Waals surface area contributed by atoms with Crippen LogP contribution in [0.4, 0.5) is 5.82 Å². The van der Waals surface area contributed by atoms with E-state index in [2.05, 4.69) is 23.3 Å². The molecular weight excluding hydrogens is 282 g/mol. The van der Waals surface area contributed by atoms with Gasteiger partial charge in [0.2, 0.25) is 0 Å². The molecule has 0 bridgehead atoms. The molecule has 0 saturated heterocycles. The second-order valence-corrected chi connectivity index (χ2v) is 5.77. The number of ether oxygens (including phenoxy) is 1. The number of benzene rings is 1. The Morgan fingerprint density at radius 2 is 1.95 bits per heavy atom. The average Bonchev–Trinajstić information content (AvgIpc) is 2.97.